The monoisotopic (exact) mass is 354 g/mol. The largest absolute Gasteiger partial charge is 0.451 e. The van der Waals surface area contributed by atoms with E-state index < -0.39 is 5.97 Å². The van der Waals surface area contributed by atoms with Crippen LogP contribution in [0.3, 0.4) is 0 Å². The molecule has 3 rings (SSSR count). The molecule has 1 atom stereocenters. The van der Waals surface area contributed by atoms with Crippen LogP contribution in [-0.2, 0) is 16.6 Å². The van der Waals surface area contributed by atoms with Gasteiger partial charge in [0.1, 0.15) is 5.69 Å². The van der Waals surface area contributed by atoms with Gasteiger partial charge < -0.3 is 14.6 Å². The van der Waals surface area contributed by atoms with E-state index in [0.29, 0.717) is 5.69 Å². The van der Waals surface area contributed by atoms with Crippen LogP contribution in [0.5, 0.6) is 0 Å². The molecule has 2 heterocycles. The summed E-state index contributed by atoms with van der Waals surface area (Å²) in [7, 11) is 1.75. The molecule has 0 fully saturated rings. The van der Waals surface area contributed by atoms with Crippen LogP contribution >= 0.6 is 11.3 Å². The zero-order valence-electron chi connectivity index (χ0n) is 13.7. The first kappa shape index (κ1) is 17.0. The van der Waals surface area contributed by atoms with Crippen LogP contribution in [0.4, 0.5) is 0 Å². The predicted molar refractivity (Wildman–Crippen MR) is 96.4 cm³/mol. The molecule has 25 heavy (non-hydrogen) atoms. The number of benzene rings is 1. The number of carbonyl (C=O) groups is 2. The third-order valence-corrected chi connectivity index (χ3v) is 4.69. The Kier molecular flexibility index (Phi) is 5.30. The predicted octanol–water partition coefficient (Wildman–Crippen LogP) is 3.15. The van der Waals surface area contributed by atoms with Gasteiger partial charge in [-0.15, -0.1) is 11.3 Å². The number of aromatic nitrogens is 1. The van der Waals surface area contributed by atoms with Gasteiger partial charge in [-0.3, -0.25) is 4.79 Å². The minimum absolute atomic E-state index is 0.262. The number of nitrogens with zero attached hydrogens (tertiary/aromatic N) is 1. The fraction of sp³-hybridized carbons (Fsp3) is 0.158. The Labute approximate surface area is 149 Å². The van der Waals surface area contributed by atoms with Crippen LogP contribution in [-0.4, -0.2) is 23.1 Å². The summed E-state index contributed by atoms with van der Waals surface area (Å²) in [5.74, 6) is -0.861. The first-order chi connectivity index (χ1) is 12.1. The van der Waals surface area contributed by atoms with Gasteiger partial charge in [0.05, 0.1) is 6.04 Å². The van der Waals surface area contributed by atoms with Crippen molar-refractivity contribution in [2.24, 2.45) is 7.05 Å². The van der Waals surface area contributed by atoms with Crippen molar-refractivity contribution in [2.75, 3.05) is 6.61 Å². The Hall–Kier alpha value is -2.86. The van der Waals surface area contributed by atoms with Gasteiger partial charge in [-0.2, -0.15) is 0 Å². The number of ether oxygens (including phenoxy) is 1. The molecule has 0 saturated heterocycles. The molecule has 0 radical (unpaired) electrons. The van der Waals surface area contributed by atoms with Crippen LogP contribution in [0.2, 0.25) is 0 Å². The number of hydrogen-bond acceptors (Lipinski definition) is 4. The Balaban J connectivity index is 1.65. The van der Waals surface area contributed by atoms with Gasteiger partial charge in [-0.25, -0.2) is 4.79 Å². The van der Waals surface area contributed by atoms with E-state index >= 15 is 0 Å². The maximum atomic E-state index is 12.3. The summed E-state index contributed by atoms with van der Waals surface area (Å²) in [5.41, 5.74) is 1.39. The van der Waals surface area contributed by atoms with Gasteiger partial charge >= 0.3 is 5.97 Å². The van der Waals surface area contributed by atoms with E-state index in [-0.39, 0.29) is 18.6 Å². The molecular formula is C19H18N2O3S. The second-order valence-corrected chi connectivity index (χ2v) is 6.49. The van der Waals surface area contributed by atoms with Gasteiger partial charge in [0.15, 0.2) is 6.61 Å². The fourth-order valence-corrected chi connectivity index (χ4v) is 3.30. The molecule has 6 heteroatoms. The summed E-state index contributed by atoms with van der Waals surface area (Å²) in [4.78, 5) is 25.3. The number of aryl methyl sites for hydroxylation is 1. The summed E-state index contributed by atoms with van der Waals surface area (Å²) in [6.45, 7) is -0.321. The van der Waals surface area contributed by atoms with Crippen molar-refractivity contribution in [3.05, 3.63) is 82.3 Å². The molecule has 5 nitrogen and oxygen atoms in total. The van der Waals surface area contributed by atoms with Crippen molar-refractivity contribution in [2.45, 2.75) is 6.04 Å². The Bertz CT molecular complexity index is 841. The topological polar surface area (TPSA) is 60.3 Å². The quantitative estimate of drug-likeness (QED) is 0.692. The number of nitrogens with one attached hydrogen (secondary N) is 1. The lowest BCUT2D eigenvalue weighted by Gasteiger charge is -2.18. The highest BCUT2D eigenvalue weighted by molar-refractivity contribution is 7.10. The maximum Gasteiger partial charge on any atom is 0.355 e. The van der Waals surface area contributed by atoms with Crippen molar-refractivity contribution < 1.29 is 14.3 Å². The van der Waals surface area contributed by atoms with Crippen LogP contribution in [0.25, 0.3) is 0 Å². The molecule has 1 aromatic carbocycles. The number of hydrogen-bond donors (Lipinski definition) is 1. The van der Waals surface area contributed by atoms with Gasteiger partial charge in [-0.1, -0.05) is 36.4 Å². The lowest BCUT2D eigenvalue weighted by molar-refractivity contribution is -0.124. The van der Waals surface area contributed by atoms with Gasteiger partial charge in [0.2, 0.25) is 0 Å². The average molecular weight is 354 g/mol. The molecule has 0 aliphatic rings. The third-order valence-electron chi connectivity index (χ3n) is 3.75. The van der Waals surface area contributed by atoms with Crippen LogP contribution in [0.1, 0.15) is 27.0 Å². The Morgan fingerprint density at radius 1 is 1.12 bits per heavy atom. The number of amides is 1. The van der Waals surface area contributed by atoms with E-state index in [2.05, 4.69) is 5.32 Å². The molecule has 0 spiro atoms. The normalized spacial score (nSPS) is 11.7. The van der Waals surface area contributed by atoms with Crippen molar-refractivity contribution in [1.82, 2.24) is 9.88 Å². The summed E-state index contributed by atoms with van der Waals surface area (Å²) in [5, 5.41) is 4.90. The van der Waals surface area contributed by atoms with Crippen LogP contribution in [0, 0.1) is 0 Å². The standard InChI is InChI=1S/C19H18N2O3S/c1-21-11-5-9-15(21)19(23)24-13-17(22)20-18(16-10-6-12-25-16)14-7-3-2-4-8-14/h2-12,18H,13H2,1H3,(H,20,22)/t18-/m1/s1. The van der Waals surface area contributed by atoms with E-state index in [1.807, 2.05) is 47.8 Å². The maximum absolute atomic E-state index is 12.3. The molecule has 0 bridgehead atoms. The highest BCUT2D eigenvalue weighted by Gasteiger charge is 2.19. The molecule has 3 aromatic rings. The molecule has 0 aliphatic heterocycles. The number of carbonyl (C=O) groups excluding carboxylic acids is 2. The summed E-state index contributed by atoms with van der Waals surface area (Å²) in [6, 6.07) is 16.8. The van der Waals surface area contributed by atoms with Gasteiger partial charge in [0.25, 0.3) is 5.91 Å². The molecule has 1 N–H and O–H groups in total. The second-order valence-electron chi connectivity index (χ2n) is 5.51. The zero-order chi connectivity index (χ0) is 17.6. The number of thiophene rings is 1. The molecule has 0 unspecified atom stereocenters. The molecule has 0 aliphatic carbocycles. The number of esters is 1. The minimum Gasteiger partial charge on any atom is -0.451 e. The minimum atomic E-state index is -0.518. The molecular weight excluding hydrogens is 336 g/mol. The number of rotatable bonds is 6. The van der Waals surface area contributed by atoms with E-state index in [0.717, 1.165) is 10.4 Å². The van der Waals surface area contributed by atoms with E-state index in [1.54, 1.807) is 41.3 Å². The van der Waals surface area contributed by atoms with Crippen molar-refractivity contribution >= 4 is 23.2 Å². The van der Waals surface area contributed by atoms with Gasteiger partial charge in [0, 0.05) is 18.1 Å². The van der Waals surface area contributed by atoms with Crippen molar-refractivity contribution in [3.8, 4) is 0 Å². The summed E-state index contributed by atoms with van der Waals surface area (Å²) < 4.78 is 6.77. The second kappa shape index (κ2) is 7.81. The molecule has 1 amide bonds. The van der Waals surface area contributed by atoms with Crippen molar-refractivity contribution in [1.29, 1.82) is 0 Å². The molecule has 0 saturated carbocycles. The first-order valence-corrected chi connectivity index (χ1v) is 8.69. The van der Waals surface area contributed by atoms with E-state index in [4.69, 9.17) is 4.74 Å². The third kappa shape index (κ3) is 4.16. The highest BCUT2D eigenvalue weighted by atomic mass is 32.1. The van der Waals surface area contributed by atoms with Crippen LogP contribution < -0.4 is 5.32 Å². The smallest absolute Gasteiger partial charge is 0.355 e. The fourth-order valence-electron chi connectivity index (χ4n) is 2.50. The molecule has 2 aromatic heterocycles. The van der Waals surface area contributed by atoms with E-state index in [1.165, 1.54) is 0 Å². The van der Waals surface area contributed by atoms with Crippen LogP contribution in [0.15, 0.2) is 66.2 Å². The SMILES string of the molecule is Cn1cccc1C(=O)OCC(=O)N[C@H](c1ccccc1)c1cccs1. The summed E-state index contributed by atoms with van der Waals surface area (Å²) >= 11 is 1.57. The van der Waals surface area contributed by atoms with E-state index in [9.17, 15) is 9.59 Å². The zero-order valence-corrected chi connectivity index (χ0v) is 14.5. The lowest BCUT2D eigenvalue weighted by Crippen LogP contribution is -2.32. The highest BCUT2D eigenvalue weighted by Crippen LogP contribution is 2.25. The lowest BCUT2D eigenvalue weighted by atomic mass is 10.1. The van der Waals surface area contributed by atoms with Crippen molar-refractivity contribution in [3.63, 3.8) is 0 Å². The Morgan fingerprint density at radius 2 is 1.92 bits per heavy atom. The average Bonchev–Trinajstić information content (AvgIpc) is 3.30. The first-order valence-electron chi connectivity index (χ1n) is 7.81. The summed E-state index contributed by atoms with van der Waals surface area (Å²) in [6.07, 6.45) is 1.75. The molecule has 128 valence electrons. The Morgan fingerprint density at radius 3 is 2.56 bits per heavy atom. The van der Waals surface area contributed by atoms with Gasteiger partial charge in [-0.05, 0) is 29.1 Å².